The molecule has 0 amide bonds. The molecule has 1 aliphatic rings. The minimum atomic E-state index is -0.328. The quantitative estimate of drug-likeness (QED) is 0.128. The minimum absolute atomic E-state index is 0.0705. The van der Waals surface area contributed by atoms with Crippen molar-refractivity contribution in [3.05, 3.63) is 83.9 Å². The molecular formula is C31H36O5. The molecule has 3 aromatic carbocycles. The Morgan fingerprint density at radius 3 is 1.97 bits per heavy atom. The molecule has 1 atom stereocenters. The molecule has 0 saturated carbocycles. The maximum atomic E-state index is 12.0. The highest BCUT2D eigenvalue weighted by molar-refractivity contribution is 5.89. The molecule has 0 aromatic heterocycles. The Balaban J connectivity index is 1.19. The van der Waals surface area contributed by atoms with Crippen LogP contribution in [0.1, 0.15) is 61.4 Å². The van der Waals surface area contributed by atoms with Crippen LogP contribution in [0.2, 0.25) is 0 Å². The summed E-state index contributed by atoms with van der Waals surface area (Å²) in [6.07, 6.45) is 7.67. The van der Waals surface area contributed by atoms with E-state index in [1.165, 1.54) is 32.1 Å². The summed E-state index contributed by atoms with van der Waals surface area (Å²) in [6.45, 7) is 4.43. The molecule has 190 valence electrons. The Morgan fingerprint density at radius 1 is 0.778 bits per heavy atom. The molecule has 0 bridgehead atoms. The van der Waals surface area contributed by atoms with Gasteiger partial charge in [-0.3, -0.25) is 0 Å². The normalized spacial score (nSPS) is 14.3. The standard InChI is InChI=1S/C31H36O5/c1-2-3-4-5-6-7-20-33-28-16-12-25(13-17-28)26-14-18-29(19-15-26)34-21-24-8-10-27(11-9-24)31(32)36-23-30-22-35-30/h8-19,30H,2-7,20-23H2,1H3. The monoisotopic (exact) mass is 488 g/mol. The van der Waals surface area contributed by atoms with Crippen molar-refractivity contribution in [3.63, 3.8) is 0 Å². The van der Waals surface area contributed by atoms with Crippen LogP contribution in [0, 0.1) is 0 Å². The number of ether oxygens (including phenoxy) is 4. The number of carbonyl (C=O) groups is 1. The number of unbranched alkanes of at least 4 members (excludes halogenated alkanes) is 5. The van der Waals surface area contributed by atoms with Crippen LogP contribution < -0.4 is 9.47 Å². The summed E-state index contributed by atoms with van der Waals surface area (Å²) in [4.78, 5) is 12.0. The third-order valence-corrected chi connectivity index (χ3v) is 6.21. The first-order valence-corrected chi connectivity index (χ1v) is 13.0. The number of rotatable bonds is 15. The van der Waals surface area contributed by atoms with Gasteiger partial charge in [0.2, 0.25) is 0 Å². The van der Waals surface area contributed by atoms with Crippen molar-refractivity contribution in [2.75, 3.05) is 19.8 Å². The molecule has 3 aromatic rings. The molecule has 0 aliphatic carbocycles. The smallest absolute Gasteiger partial charge is 0.338 e. The second kappa shape index (κ2) is 13.7. The Labute approximate surface area is 214 Å². The number of epoxide rings is 1. The fraction of sp³-hybridized carbons (Fsp3) is 0.387. The van der Waals surface area contributed by atoms with Crippen molar-refractivity contribution >= 4 is 5.97 Å². The maximum absolute atomic E-state index is 12.0. The van der Waals surface area contributed by atoms with Gasteiger partial charge in [-0.1, -0.05) is 75.4 Å². The predicted octanol–water partition coefficient (Wildman–Crippen LogP) is 7.23. The lowest BCUT2D eigenvalue weighted by Crippen LogP contribution is -2.10. The lowest BCUT2D eigenvalue weighted by Gasteiger charge is -2.10. The Kier molecular flexibility index (Phi) is 9.80. The van der Waals surface area contributed by atoms with Crippen molar-refractivity contribution < 1.29 is 23.7 Å². The van der Waals surface area contributed by atoms with Gasteiger partial charge in [-0.25, -0.2) is 4.79 Å². The van der Waals surface area contributed by atoms with Gasteiger partial charge in [-0.15, -0.1) is 0 Å². The Morgan fingerprint density at radius 2 is 1.36 bits per heavy atom. The zero-order chi connectivity index (χ0) is 25.0. The molecule has 0 N–H and O–H groups in total. The van der Waals surface area contributed by atoms with Gasteiger partial charge in [-0.05, 0) is 59.5 Å². The summed E-state index contributed by atoms with van der Waals surface area (Å²) in [7, 11) is 0. The molecule has 36 heavy (non-hydrogen) atoms. The number of esters is 1. The molecule has 0 spiro atoms. The summed E-state index contributed by atoms with van der Waals surface area (Å²) >= 11 is 0. The summed E-state index contributed by atoms with van der Waals surface area (Å²) in [5.74, 6) is 1.39. The van der Waals surface area contributed by atoms with Gasteiger partial charge >= 0.3 is 5.97 Å². The van der Waals surface area contributed by atoms with Crippen molar-refractivity contribution in [2.24, 2.45) is 0 Å². The highest BCUT2D eigenvalue weighted by atomic mass is 16.6. The third kappa shape index (κ3) is 8.42. The van der Waals surface area contributed by atoms with Crippen molar-refractivity contribution in [2.45, 2.75) is 58.2 Å². The zero-order valence-electron chi connectivity index (χ0n) is 21.1. The number of hydrogen-bond acceptors (Lipinski definition) is 5. The second-order valence-electron chi connectivity index (χ2n) is 9.20. The fourth-order valence-corrected chi connectivity index (χ4v) is 3.88. The number of benzene rings is 3. The van der Waals surface area contributed by atoms with E-state index in [0.29, 0.717) is 25.4 Å². The average Bonchev–Trinajstić information content (AvgIpc) is 3.76. The van der Waals surface area contributed by atoms with Crippen LogP contribution in [0.4, 0.5) is 0 Å². The molecular weight excluding hydrogens is 452 g/mol. The molecule has 5 nitrogen and oxygen atoms in total. The van der Waals surface area contributed by atoms with E-state index in [1.54, 1.807) is 12.1 Å². The Hall–Kier alpha value is -3.31. The van der Waals surface area contributed by atoms with Crippen LogP contribution in [0.5, 0.6) is 11.5 Å². The van der Waals surface area contributed by atoms with E-state index in [0.717, 1.165) is 41.2 Å². The minimum Gasteiger partial charge on any atom is -0.494 e. The van der Waals surface area contributed by atoms with Gasteiger partial charge in [-0.2, -0.15) is 0 Å². The average molecular weight is 489 g/mol. The van der Waals surface area contributed by atoms with Crippen LogP contribution in [0.15, 0.2) is 72.8 Å². The molecule has 1 fully saturated rings. The van der Waals surface area contributed by atoms with E-state index in [2.05, 4.69) is 31.2 Å². The van der Waals surface area contributed by atoms with Gasteiger partial charge in [0.05, 0.1) is 18.8 Å². The summed E-state index contributed by atoms with van der Waals surface area (Å²) < 4.78 is 22.1. The summed E-state index contributed by atoms with van der Waals surface area (Å²) in [5, 5.41) is 0. The predicted molar refractivity (Wildman–Crippen MR) is 142 cm³/mol. The van der Waals surface area contributed by atoms with E-state index in [1.807, 2.05) is 36.4 Å². The largest absolute Gasteiger partial charge is 0.494 e. The van der Waals surface area contributed by atoms with Crippen molar-refractivity contribution in [3.8, 4) is 22.6 Å². The lowest BCUT2D eigenvalue weighted by molar-refractivity contribution is 0.0476. The first-order valence-electron chi connectivity index (χ1n) is 13.0. The van der Waals surface area contributed by atoms with E-state index < -0.39 is 0 Å². The molecule has 1 unspecified atom stereocenters. The zero-order valence-corrected chi connectivity index (χ0v) is 21.1. The molecule has 1 heterocycles. The fourth-order valence-electron chi connectivity index (χ4n) is 3.88. The molecule has 5 heteroatoms. The SMILES string of the molecule is CCCCCCCCOc1ccc(-c2ccc(OCc3ccc(C(=O)OCC4CO4)cc3)cc2)cc1. The van der Waals surface area contributed by atoms with Crippen LogP contribution in [0.3, 0.4) is 0 Å². The molecule has 1 aliphatic heterocycles. The first-order chi connectivity index (χ1) is 17.7. The third-order valence-electron chi connectivity index (χ3n) is 6.21. The van der Waals surface area contributed by atoms with E-state index in [4.69, 9.17) is 18.9 Å². The van der Waals surface area contributed by atoms with Crippen LogP contribution in [-0.2, 0) is 16.1 Å². The van der Waals surface area contributed by atoms with Gasteiger partial charge in [0.1, 0.15) is 30.8 Å². The van der Waals surface area contributed by atoms with Gasteiger partial charge in [0.15, 0.2) is 0 Å². The number of hydrogen-bond donors (Lipinski definition) is 0. The van der Waals surface area contributed by atoms with Crippen molar-refractivity contribution in [1.82, 2.24) is 0 Å². The highest BCUT2D eigenvalue weighted by Gasteiger charge is 2.24. The topological polar surface area (TPSA) is 57.3 Å². The van der Waals surface area contributed by atoms with Gasteiger partial charge < -0.3 is 18.9 Å². The van der Waals surface area contributed by atoms with Crippen LogP contribution in [-0.4, -0.2) is 31.9 Å². The summed E-state index contributed by atoms with van der Waals surface area (Å²) in [6, 6.07) is 23.6. The van der Waals surface area contributed by atoms with Gasteiger partial charge in [0, 0.05) is 0 Å². The Bertz CT molecular complexity index is 1050. The maximum Gasteiger partial charge on any atom is 0.338 e. The van der Waals surface area contributed by atoms with Gasteiger partial charge in [0.25, 0.3) is 0 Å². The highest BCUT2D eigenvalue weighted by Crippen LogP contribution is 2.25. The van der Waals surface area contributed by atoms with E-state index in [-0.39, 0.29) is 12.1 Å². The second-order valence-corrected chi connectivity index (χ2v) is 9.20. The van der Waals surface area contributed by atoms with Crippen molar-refractivity contribution in [1.29, 1.82) is 0 Å². The molecule has 1 saturated heterocycles. The molecule has 4 rings (SSSR count). The van der Waals surface area contributed by atoms with E-state index in [9.17, 15) is 4.79 Å². The summed E-state index contributed by atoms with van der Waals surface area (Å²) in [5.41, 5.74) is 3.79. The lowest BCUT2D eigenvalue weighted by atomic mass is 10.1. The van der Waals surface area contributed by atoms with Crippen LogP contribution >= 0.6 is 0 Å². The molecule has 0 radical (unpaired) electrons. The van der Waals surface area contributed by atoms with E-state index >= 15 is 0 Å². The van der Waals surface area contributed by atoms with Crippen LogP contribution in [0.25, 0.3) is 11.1 Å². The number of carbonyl (C=O) groups excluding carboxylic acids is 1. The first kappa shape index (κ1) is 25.8.